The van der Waals surface area contributed by atoms with Crippen LogP contribution in [0, 0.1) is 12.8 Å². The number of aryl methyl sites for hydroxylation is 1. The molecule has 1 aliphatic rings. The van der Waals surface area contributed by atoms with Gasteiger partial charge in [0.1, 0.15) is 0 Å². The van der Waals surface area contributed by atoms with Crippen molar-refractivity contribution in [2.75, 3.05) is 19.7 Å². The molecule has 0 spiro atoms. The van der Waals surface area contributed by atoms with Crippen LogP contribution in [0.4, 0.5) is 0 Å². The third-order valence-corrected chi connectivity index (χ3v) is 6.09. The average Bonchev–Trinajstić information content (AvgIpc) is 2.51. The maximum absolute atomic E-state index is 12.1. The smallest absolute Gasteiger partial charge is 0.243 e. The first-order valence-electron chi connectivity index (χ1n) is 9.13. The van der Waals surface area contributed by atoms with Crippen molar-refractivity contribution in [2.24, 2.45) is 5.92 Å². The van der Waals surface area contributed by atoms with Gasteiger partial charge in [0.05, 0.1) is 4.90 Å². The van der Waals surface area contributed by atoms with Crippen LogP contribution in [-0.2, 0) is 10.0 Å². The molecule has 138 valence electrons. The first-order chi connectivity index (χ1) is 11.5. The summed E-state index contributed by atoms with van der Waals surface area (Å²) in [6.45, 7) is 7.28. The van der Waals surface area contributed by atoms with Crippen molar-refractivity contribution >= 4 is 10.0 Å². The normalized spacial score (nSPS) is 15.5. The van der Waals surface area contributed by atoms with E-state index in [1.165, 1.54) is 42.8 Å². The fourth-order valence-corrected chi connectivity index (χ4v) is 4.31. The van der Waals surface area contributed by atoms with Gasteiger partial charge in [-0.2, -0.15) is 4.31 Å². The lowest BCUT2D eigenvalue weighted by atomic mass is 10.1. The summed E-state index contributed by atoms with van der Waals surface area (Å²) in [6.07, 6.45) is 8.49. The van der Waals surface area contributed by atoms with Gasteiger partial charge in [0.2, 0.25) is 10.0 Å². The lowest BCUT2D eigenvalue weighted by Gasteiger charge is -2.36. The Hall–Kier alpha value is -0.910. The molecular weight excluding hydrogens is 322 g/mol. The molecule has 0 amide bonds. The number of aliphatic hydroxyl groups excluding tert-OH is 1. The van der Waals surface area contributed by atoms with Gasteiger partial charge in [-0.05, 0) is 24.6 Å². The van der Waals surface area contributed by atoms with E-state index in [1.54, 1.807) is 18.2 Å². The summed E-state index contributed by atoms with van der Waals surface area (Å²) in [7, 11) is -3.35. The minimum Gasteiger partial charge on any atom is -0.396 e. The van der Waals surface area contributed by atoms with Crippen LogP contribution in [0.5, 0.6) is 0 Å². The first kappa shape index (κ1) is 21.1. The van der Waals surface area contributed by atoms with Crippen molar-refractivity contribution in [2.45, 2.75) is 64.2 Å². The molecule has 1 N–H and O–H groups in total. The number of unbranched alkanes of at least 4 members (excludes halogenated alkanes) is 5. The van der Waals surface area contributed by atoms with E-state index in [-0.39, 0.29) is 12.5 Å². The monoisotopic (exact) mass is 355 g/mol. The standard InChI is InChI=1S/C11H15NO3S.C8H18/c1-9-3-2-4-11(5-9)16(14,15)12-6-10(7-12)8-13;1-3-5-7-8-6-4-2/h2-5,10,13H,6-8H2,1H3;3-8H2,1-2H3. The molecular formula is C19H33NO3S. The average molecular weight is 356 g/mol. The zero-order valence-corrected chi connectivity index (χ0v) is 16.2. The molecule has 1 heterocycles. The van der Waals surface area contributed by atoms with E-state index in [1.807, 2.05) is 13.0 Å². The van der Waals surface area contributed by atoms with Crippen LogP contribution >= 0.6 is 0 Å². The van der Waals surface area contributed by atoms with Gasteiger partial charge in [-0.1, -0.05) is 64.5 Å². The molecule has 2 rings (SSSR count). The van der Waals surface area contributed by atoms with Crippen molar-refractivity contribution in [3.05, 3.63) is 29.8 Å². The second-order valence-electron chi connectivity index (χ2n) is 6.60. The third kappa shape index (κ3) is 6.54. The summed E-state index contributed by atoms with van der Waals surface area (Å²) in [5, 5.41) is 8.86. The topological polar surface area (TPSA) is 57.6 Å². The highest BCUT2D eigenvalue weighted by Crippen LogP contribution is 2.25. The predicted molar refractivity (Wildman–Crippen MR) is 99.6 cm³/mol. The zero-order chi connectivity index (χ0) is 18.0. The van der Waals surface area contributed by atoms with Crippen molar-refractivity contribution in [3.63, 3.8) is 0 Å². The highest BCUT2D eigenvalue weighted by molar-refractivity contribution is 7.89. The molecule has 1 aromatic rings. The predicted octanol–water partition coefficient (Wildman–Crippen LogP) is 3.97. The molecule has 4 nitrogen and oxygen atoms in total. The molecule has 1 aromatic carbocycles. The number of aliphatic hydroxyl groups is 1. The van der Waals surface area contributed by atoms with Gasteiger partial charge in [-0.25, -0.2) is 8.42 Å². The van der Waals surface area contributed by atoms with Crippen molar-refractivity contribution < 1.29 is 13.5 Å². The Labute approximate surface area is 147 Å². The molecule has 0 atom stereocenters. The zero-order valence-electron chi connectivity index (χ0n) is 15.4. The Balaban J connectivity index is 0.000000307. The van der Waals surface area contributed by atoms with Crippen LogP contribution in [0.3, 0.4) is 0 Å². The van der Waals surface area contributed by atoms with Gasteiger partial charge in [0.15, 0.2) is 0 Å². The molecule has 0 aliphatic carbocycles. The second-order valence-corrected chi connectivity index (χ2v) is 8.54. The first-order valence-corrected chi connectivity index (χ1v) is 10.6. The fraction of sp³-hybridized carbons (Fsp3) is 0.684. The largest absolute Gasteiger partial charge is 0.396 e. The van der Waals surface area contributed by atoms with Gasteiger partial charge in [-0.15, -0.1) is 0 Å². The second kappa shape index (κ2) is 10.9. The number of nitrogens with zero attached hydrogens (tertiary/aromatic N) is 1. The Kier molecular flexibility index (Phi) is 9.56. The quantitative estimate of drug-likeness (QED) is 0.718. The molecule has 24 heavy (non-hydrogen) atoms. The number of hydrogen-bond acceptors (Lipinski definition) is 3. The molecule has 0 bridgehead atoms. The molecule has 1 aliphatic heterocycles. The summed E-state index contributed by atoms with van der Waals surface area (Å²) >= 11 is 0. The van der Waals surface area contributed by atoms with E-state index in [9.17, 15) is 8.42 Å². The van der Waals surface area contributed by atoms with E-state index in [0.717, 1.165) is 5.56 Å². The van der Waals surface area contributed by atoms with E-state index in [4.69, 9.17) is 5.11 Å². The lowest BCUT2D eigenvalue weighted by Crippen LogP contribution is -2.51. The van der Waals surface area contributed by atoms with E-state index in [2.05, 4.69) is 13.8 Å². The van der Waals surface area contributed by atoms with Crippen LogP contribution in [-0.4, -0.2) is 37.5 Å². The van der Waals surface area contributed by atoms with Gasteiger partial charge in [0, 0.05) is 25.6 Å². The van der Waals surface area contributed by atoms with Crippen molar-refractivity contribution in [1.29, 1.82) is 0 Å². The van der Waals surface area contributed by atoms with E-state index in [0.29, 0.717) is 18.0 Å². The van der Waals surface area contributed by atoms with Crippen molar-refractivity contribution in [3.8, 4) is 0 Å². The molecule has 0 unspecified atom stereocenters. The summed E-state index contributed by atoms with van der Waals surface area (Å²) in [5.74, 6) is 0.0968. The number of benzene rings is 1. The molecule has 0 aromatic heterocycles. The third-order valence-electron chi connectivity index (χ3n) is 4.27. The minimum absolute atomic E-state index is 0.0554. The Morgan fingerprint density at radius 3 is 2.12 bits per heavy atom. The Morgan fingerprint density at radius 2 is 1.67 bits per heavy atom. The number of sulfonamides is 1. The molecule has 1 fully saturated rings. The molecule has 5 heteroatoms. The molecule has 1 saturated heterocycles. The van der Waals surface area contributed by atoms with Gasteiger partial charge >= 0.3 is 0 Å². The number of hydrogen-bond donors (Lipinski definition) is 1. The highest BCUT2D eigenvalue weighted by atomic mass is 32.2. The van der Waals surface area contributed by atoms with Crippen LogP contribution in [0.15, 0.2) is 29.2 Å². The van der Waals surface area contributed by atoms with Gasteiger partial charge < -0.3 is 5.11 Å². The summed E-state index contributed by atoms with van der Waals surface area (Å²) < 4.78 is 25.6. The summed E-state index contributed by atoms with van der Waals surface area (Å²) in [6, 6.07) is 6.88. The van der Waals surface area contributed by atoms with Crippen molar-refractivity contribution in [1.82, 2.24) is 4.31 Å². The fourth-order valence-electron chi connectivity index (χ4n) is 2.61. The van der Waals surface area contributed by atoms with Crippen LogP contribution < -0.4 is 0 Å². The van der Waals surface area contributed by atoms with Crippen LogP contribution in [0.25, 0.3) is 0 Å². The molecule has 0 radical (unpaired) electrons. The Bertz CT molecular complexity index is 560. The van der Waals surface area contributed by atoms with Crippen LogP contribution in [0.2, 0.25) is 0 Å². The highest BCUT2D eigenvalue weighted by Gasteiger charge is 2.36. The van der Waals surface area contributed by atoms with Gasteiger partial charge in [0.25, 0.3) is 0 Å². The van der Waals surface area contributed by atoms with E-state index >= 15 is 0 Å². The minimum atomic E-state index is -3.35. The summed E-state index contributed by atoms with van der Waals surface area (Å²) in [5.41, 5.74) is 0.931. The maximum atomic E-state index is 12.1. The van der Waals surface area contributed by atoms with Gasteiger partial charge in [-0.3, -0.25) is 0 Å². The number of rotatable bonds is 8. The summed E-state index contributed by atoms with van der Waals surface area (Å²) in [4.78, 5) is 0.337. The molecule has 0 saturated carbocycles. The Morgan fingerprint density at radius 1 is 1.08 bits per heavy atom. The lowest BCUT2D eigenvalue weighted by molar-refractivity contribution is 0.117. The van der Waals surface area contributed by atoms with Crippen LogP contribution in [0.1, 0.15) is 57.9 Å². The van der Waals surface area contributed by atoms with E-state index < -0.39 is 10.0 Å². The SMILES string of the molecule is CCCCCCCC.Cc1cccc(S(=O)(=O)N2CC(CO)C2)c1. The maximum Gasteiger partial charge on any atom is 0.243 e.